The Morgan fingerprint density at radius 2 is 1.54 bits per heavy atom. The van der Waals surface area contributed by atoms with Gasteiger partial charge in [-0.3, -0.25) is 4.90 Å². The first-order valence-electron chi connectivity index (χ1n) is 7.94. The van der Waals surface area contributed by atoms with Gasteiger partial charge in [0.25, 0.3) is 0 Å². The predicted octanol–water partition coefficient (Wildman–Crippen LogP) is 5.53. The number of rotatable bonds is 4. The van der Waals surface area contributed by atoms with Crippen LogP contribution in [-0.2, 0) is 11.3 Å². The molecular weight excluding hydrogens is 347 g/mol. The molecule has 1 amide bonds. The highest BCUT2D eigenvalue weighted by Crippen LogP contribution is 2.27. The lowest BCUT2D eigenvalue weighted by atomic mass is 10.2. The first kappa shape index (κ1) is 19.6. The maximum atomic E-state index is 12.6. The molecule has 0 N–H and O–H groups in total. The number of carbonyl (C=O) groups is 1. The van der Waals surface area contributed by atoms with Crippen LogP contribution in [0.15, 0.2) is 54.6 Å². The molecule has 0 aromatic heterocycles. The molecule has 0 aliphatic rings. The molecule has 2 aromatic carbocycles. The van der Waals surface area contributed by atoms with E-state index in [4.69, 9.17) is 4.74 Å². The fraction of sp³-hybridized carbons (Fsp3) is 0.316. The number of anilines is 1. The van der Waals surface area contributed by atoms with Crippen LogP contribution in [0.25, 0.3) is 0 Å². The third-order valence-corrected chi connectivity index (χ3v) is 3.18. The van der Waals surface area contributed by atoms with Crippen LogP contribution in [0.5, 0.6) is 5.75 Å². The number of halogens is 3. The lowest BCUT2D eigenvalue weighted by molar-refractivity contribution is -0.274. The molecular formula is C19H20F3NO3. The minimum atomic E-state index is -4.77. The minimum absolute atomic E-state index is 0.217. The Bertz CT molecular complexity index is 722. The molecule has 140 valence electrons. The Balaban J connectivity index is 2.26. The molecule has 0 atom stereocenters. The number of hydrogen-bond acceptors (Lipinski definition) is 3. The van der Waals surface area contributed by atoms with E-state index in [1.165, 1.54) is 17.0 Å². The van der Waals surface area contributed by atoms with Crippen molar-refractivity contribution in [3.8, 4) is 5.75 Å². The molecule has 0 bridgehead atoms. The number of ether oxygens (including phenoxy) is 2. The summed E-state index contributed by atoms with van der Waals surface area (Å²) in [5.41, 5.74) is 0.553. The zero-order valence-electron chi connectivity index (χ0n) is 14.7. The molecule has 26 heavy (non-hydrogen) atoms. The Kier molecular flexibility index (Phi) is 5.79. The fourth-order valence-electron chi connectivity index (χ4n) is 2.17. The molecule has 0 radical (unpaired) electrons. The summed E-state index contributed by atoms with van der Waals surface area (Å²) < 4.78 is 46.2. The van der Waals surface area contributed by atoms with Gasteiger partial charge < -0.3 is 9.47 Å². The smallest absolute Gasteiger partial charge is 0.443 e. The van der Waals surface area contributed by atoms with Crippen molar-refractivity contribution in [2.45, 2.75) is 39.3 Å². The SMILES string of the molecule is CC(C)(C)OC(=O)N(Cc1ccccc1)c1ccc(OC(F)(F)F)cc1. The topological polar surface area (TPSA) is 38.8 Å². The average molecular weight is 367 g/mol. The van der Waals surface area contributed by atoms with Gasteiger partial charge >= 0.3 is 12.5 Å². The zero-order valence-corrected chi connectivity index (χ0v) is 14.7. The summed E-state index contributed by atoms with van der Waals surface area (Å²) in [6.07, 6.45) is -5.36. The Labute approximate surface area is 150 Å². The van der Waals surface area contributed by atoms with E-state index in [1.54, 1.807) is 20.8 Å². The van der Waals surface area contributed by atoms with Gasteiger partial charge in [0.2, 0.25) is 0 Å². The van der Waals surface area contributed by atoms with Gasteiger partial charge in [-0.15, -0.1) is 13.2 Å². The Morgan fingerprint density at radius 3 is 2.04 bits per heavy atom. The van der Waals surface area contributed by atoms with Crippen LogP contribution in [-0.4, -0.2) is 18.1 Å². The molecule has 0 saturated carbocycles. The molecule has 2 rings (SSSR count). The molecule has 0 fully saturated rings. The molecule has 0 aliphatic heterocycles. The van der Waals surface area contributed by atoms with Crippen molar-refractivity contribution >= 4 is 11.8 Å². The van der Waals surface area contributed by atoms with E-state index < -0.39 is 18.1 Å². The van der Waals surface area contributed by atoms with Gasteiger partial charge in [0.1, 0.15) is 11.4 Å². The second-order valence-corrected chi connectivity index (χ2v) is 6.59. The van der Waals surface area contributed by atoms with Gasteiger partial charge in [-0.1, -0.05) is 30.3 Å². The molecule has 2 aromatic rings. The van der Waals surface area contributed by atoms with Crippen molar-refractivity contribution in [1.82, 2.24) is 0 Å². The summed E-state index contributed by atoms with van der Waals surface area (Å²) in [6, 6.07) is 14.3. The molecule has 7 heteroatoms. The van der Waals surface area contributed by atoms with Gasteiger partial charge in [-0.2, -0.15) is 0 Å². The monoisotopic (exact) mass is 367 g/mol. The highest BCUT2D eigenvalue weighted by atomic mass is 19.4. The van der Waals surface area contributed by atoms with Crippen LogP contribution < -0.4 is 9.64 Å². The van der Waals surface area contributed by atoms with E-state index >= 15 is 0 Å². The summed E-state index contributed by atoms with van der Waals surface area (Å²) in [4.78, 5) is 13.9. The normalized spacial score (nSPS) is 11.8. The van der Waals surface area contributed by atoms with Crippen LogP contribution in [0.2, 0.25) is 0 Å². The molecule has 0 heterocycles. The van der Waals surface area contributed by atoms with Crippen molar-refractivity contribution in [3.05, 3.63) is 60.2 Å². The molecule has 0 spiro atoms. The second-order valence-electron chi connectivity index (χ2n) is 6.59. The standard InChI is InChI=1S/C19H20F3NO3/c1-18(2,3)26-17(24)23(13-14-7-5-4-6-8-14)15-9-11-16(12-10-15)25-19(20,21)22/h4-12H,13H2,1-3H3. The first-order chi connectivity index (χ1) is 12.0. The Morgan fingerprint density at radius 1 is 0.962 bits per heavy atom. The van der Waals surface area contributed by atoms with Crippen LogP contribution in [0, 0.1) is 0 Å². The van der Waals surface area contributed by atoms with Crippen LogP contribution in [0.4, 0.5) is 23.7 Å². The quantitative estimate of drug-likeness (QED) is 0.713. The van der Waals surface area contributed by atoms with E-state index in [1.807, 2.05) is 30.3 Å². The lowest BCUT2D eigenvalue weighted by Crippen LogP contribution is -2.36. The number of carbonyl (C=O) groups excluding carboxylic acids is 1. The third-order valence-electron chi connectivity index (χ3n) is 3.18. The average Bonchev–Trinajstić information content (AvgIpc) is 2.51. The fourth-order valence-corrected chi connectivity index (χ4v) is 2.17. The summed E-state index contributed by atoms with van der Waals surface area (Å²) in [5, 5.41) is 0. The second kappa shape index (κ2) is 7.68. The van der Waals surface area contributed by atoms with Crippen LogP contribution >= 0.6 is 0 Å². The minimum Gasteiger partial charge on any atom is -0.443 e. The van der Waals surface area contributed by atoms with Gasteiger partial charge in [0.05, 0.1) is 6.54 Å². The summed E-state index contributed by atoms with van der Waals surface area (Å²) in [6.45, 7) is 5.44. The number of amides is 1. The lowest BCUT2D eigenvalue weighted by Gasteiger charge is -2.27. The van der Waals surface area contributed by atoms with Gasteiger partial charge in [0.15, 0.2) is 0 Å². The van der Waals surface area contributed by atoms with Gasteiger partial charge in [0, 0.05) is 5.69 Å². The zero-order chi connectivity index (χ0) is 19.4. The van der Waals surface area contributed by atoms with E-state index in [0.29, 0.717) is 5.69 Å². The molecule has 0 unspecified atom stereocenters. The molecule has 0 aliphatic carbocycles. The van der Waals surface area contributed by atoms with Crippen molar-refractivity contribution in [3.63, 3.8) is 0 Å². The maximum Gasteiger partial charge on any atom is 0.573 e. The highest BCUT2D eigenvalue weighted by molar-refractivity contribution is 5.87. The third kappa shape index (κ3) is 6.31. The van der Waals surface area contributed by atoms with Crippen molar-refractivity contribution < 1.29 is 27.4 Å². The van der Waals surface area contributed by atoms with Crippen molar-refractivity contribution in [2.24, 2.45) is 0 Å². The number of benzene rings is 2. The summed E-state index contributed by atoms with van der Waals surface area (Å²) in [5.74, 6) is -0.356. The largest absolute Gasteiger partial charge is 0.573 e. The predicted molar refractivity (Wildman–Crippen MR) is 92.0 cm³/mol. The summed E-state index contributed by atoms with van der Waals surface area (Å²) in [7, 11) is 0. The van der Waals surface area contributed by atoms with Crippen LogP contribution in [0.1, 0.15) is 26.3 Å². The van der Waals surface area contributed by atoms with E-state index in [9.17, 15) is 18.0 Å². The molecule has 0 saturated heterocycles. The number of hydrogen-bond donors (Lipinski definition) is 0. The van der Waals surface area contributed by atoms with Crippen molar-refractivity contribution in [1.29, 1.82) is 0 Å². The highest BCUT2D eigenvalue weighted by Gasteiger charge is 2.31. The first-order valence-corrected chi connectivity index (χ1v) is 7.94. The Hall–Kier alpha value is -2.70. The van der Waals surface area contributed by atoms with Crippen molar-refractivity contribution in [2.75, 3.05) is 4.90 Å². The number of alkyl halides is 3. The number of nitrogens with zero attached hydrogens (tertiary/aromatic N) is 1. The van der Waals surface area contributed by atoms with Gasteiger partial charge in [-0.25, -0.2) is 4.79 Å². The van der Waals surface area contributed by atoms with E-state index in [0.717, 1.165) is 17.7 Å². The van der Waals surface area contributed by atoms with Gasteiger partial charge in [-0.05, 0) is 50.6 Å². The summed E-state index contributed by atoms with van der Waals surface area (Å²) >= 11 is 0. The maximum absolute atomic E-state index is 12.6. The van der Waals surface area contributed by atoms with E-state index in [2.05, 4.69) is 4.74 Å². The van der Waals surface area contributed by atoms with Crippen LogP contribution in [0.3, 0.4) is 0 Å². The molecule has 4 nitrogen and oxygen atoms in total. The van der Waals surface area contributed by atoms with E-state index in [-0.39, 0.29) is 12.3 Å².